The predicted octanol–water partition coefficient (Wildman–Crippen LogP) is 25.9. The van der Waals surface area contributed by atoms with E-state index >= 15 is 0 Å². The maximum atomic E-state index is 7.64. The van der Waals surface area contributed by atoms with Crippen molar-refractivity contribution < 1.29 is 9.47 Å². The molecule has 4 aliphatic rings. The molecule has 2 aliphatic heterocycles. The first-order chi connectivity index (χ1) is 50.6. The van der Waals surface area contributed by atoms with Crippen LogP contribution in [0.5, 0.6) is 23.0 Å². The first-order valence-corrected chi connectivity index (χ1v) is 35.1. The van der Waals surface area contributed by atoms with E-state index in [2.05, 4.69) is 398 Å². The molecule has 478 valence electrons. The minimum Gasteiger partial charge on any atom is -0.457 e. The third kappa shape index (κ3) is 8.96. The van der Waals surface area contributed by atoms with Gasteiger partial charge in [-0.15, -0.1) is 0 Å². The number of ether oxygens (including phenoxy) is 2. The van der Waals surface area contributed by atoms with Crippen molar-refractivity contribution in [3.63, 3.8) is 0 Å². The molecule has 4 nitrogen and oxygen atoms in total. The predicted molar refractivity (Wildman–Crippen MR) is 418 cm³/mol. The van der Waals surface area contributed by atoms with Crippen LogP contribution in [0.2, 0.25) is 0 Å². The van der Waals surface area contributed by atoms with E-state index < -0.39 is 10.8 Å². The molecule has 102 heavy (non-hydrogen) atoms. The molecule has 2 heterocycles. The molecule has 16 aromatic rings. The molecule has 2 unspecified atom stereocenters. The van der Waals surface area contributed by atoms with Gasteiger partial charge in [-0.2, -0.15) is 0 Å². The van der Waals surface area contributed by atoms with Crippen LogP contribution in [0.15, 0.2) is 388 Å². The van der Waals surface area contributed by atoms with Gasteiger partial charge in [0.15, 0.2) is 0 Å². The number of anilines is 6. The fourth-order valence-corrected chi connectivity index (χ4v) is 17.4. The molecule has 16 aromatic carbocycles. The standard InChI is InChI=1S/C98H64N2O2/c1-6-30-65(31-7-1)68-60-69(66-32-8-2-9-33-66)62-74(61-68)99(70-36-12-4-13-37-70)72-56-58-78-77-42-18-21-47-83(77)98(90(78)63-72)86-50-24-27-55-93(86)102-96-81(46-29-52-89(96)98)80-45-28-51-88-95(80)82-44-19-22-48-84(82)97(88)85-49-23-26-54-92(85)101-94-64-73(57-59-87(94)97)100(71-38-14-5-15-39-71)91-53-25-20-43-79(91)76-41-17-16-40-75(76)67-34-10-3-11-35-67/h1-64H. The van der Waals surface area contributed by atoms with Gasteiger partial charge in [0.25, 0.3) is 0 Å². The van der Waals surface area contributed by atoms with Gasteiger partial charge in [-0.05, 0) is 168 Å². The molecular weight excluding hydrogens is 1240 g/mol. The average Bonchev–Trinajstić information content (AvgIpc) is 1.49. The monoisotopic (exact) mass is 1300 g/mol. The molecule has 0 radical (unpaired) electrons. The van der Waals surface area contributed by atoms with E-state index in [9.17, 15) is 0 Å². The summed E-state index contributed by atoms with van der Waals surface area (Å²) in [5, 5.41) is 0. The molecule has 0 amide bonds. The second-order valence-corrected chi connectivity index (χ2v) is 26.9. The number of hydrogen-bond donors (Lipinski definition) is 0. The minimum atomic E-state index is -0.807. The van der Waals surface area contributed by atoms with E-state index in [0.717, 1.165) is 124 Å². The number of benzene rings is 16. The molecule has 4 heteroatoms. The fourth-order valence-electron chi connectivity index (χ4n) is 17.4. The lowest BCUT2D eigenvalue weighted by Gasteiger charge is -2.41. The highest BCUT2D eigenvalue weighted by Crippen LogP contribution is 2.67. The Kier molecular flexibility index (Phi) is 13.7. The molecule has 0 aromatic heterocycles. The summed E-state index contributed by atoms with van der Waals surface area (Å²) in [6.07, 6.45) is 0. The van der Waals surface area contributed by atoms with Crippen LogP contribution >= 0.6 is 0 Å². The van der Waals surface area contributed by atoms with Crippen molar-refractivity contribution in [2.24, 2.45) is 0 Å². The highest BCUT2D eigenvalue weighted by atomic mass is 16.5. The van der Waals surface area contributed by atoms with Gasteiger partial charge in [0, 0.05) is 67.9 Å². The van der Waals surface area contributed by atoms with Crippen LogP contribution < -0.4 is 19.3 Å². The summed E-state index contributed by atoms with van der Waals surface area (Å²) in [4.78, 5) is 4.83. The van der Waals surface area contributed by atoms with Crippen LogP contribution in [-0.2, 0) is 10.8 Å². The van der Waals surface area contributed by atoms with E-state index in [1.54, 1.807) is 0 Å². The van der Waals surface area contributed by atoms with E-state index in [4.69, 9.17) is 9.47 Å². The first-order valence-electron chi connectivity index (χ1n) is 35.1. The van der Waals surface area contributed by atoms with Gasteiger partial charge in [0.2, 0.25) is 0 Å². The fraction of sp³-hybridized carbons (Fsp3) is 0.0204. The van der Waals surface area contributed by atoms with Crippen molar-refractivity contribution >= 4 is 34.1 Å². The average molecular weight is 1300 g/mol. The third-order valence-electron chi connectivity index (χ3n) is 21.6. The van der Waals surface area contributed by atoms with Gasteiger partial charge in [0.05, 0.1) is 16.5 Å². The lowest BCUT2D eigenvalue weighted by molar-refractivity contribution is 0.436. The maximum absolute atomic E-state index is 7.64. The number of fused-ring (bicyclic) bond motifs is 18. The Hall–Kier alpha value is -13.3. The van der Waals surface area contributed by atoms with Crippen LogP contribution in [0.3, 0.4) is 0 Å². The second kappa shape index (κ2) is 23.7. The number of rotatable bonds is 11. The Morgan fingerprint density at radius 3 is 1.27 bits per heavy atom. The minimum absolute atomic E-state index is 0.787. The van der Waals surface area contributed by atoms with Gasteiger partial charge in [-0.25, -0.2) is 0 Å². The summed E-state index contributed by atoms with van der Waals surface area (Å²) in [7, 11) is 0. The molecule has 0 saturated carbocycles. The maximum Gasteiger partial charge on any atom is 0.140 e. The van der Waals surface area contributed by atoms with Crippen molar-refractivity contribution in [3.05, 3.63) is 433 Å². The van der Waals surface area contributed by atoms with Crippen LogP contribution in [0, 0.1) is 0 Å². The van der Waals surface area contributed by atoms with Crippen molar-refractivity contribution in [3.8, 4) is 101 Å². The summed E-state index contributed by atoms with van der Waals surface area (Å²) in [6, 6.07) is 142. The summed E-state index contributed by atoms with van der Waals surface area (Å²) in [6.45, 7) is 0. The lowest BCUT2D eigenvalue weighted by atomic mass is 9.65. The molecule has 0 N–H and O–H groups in total. The SMILES string of the molecule is c1ccc(-c2cc(-c3ccccc3)cc(N(c3ccccc3)c3ccc4c(c3)C3(c5ccccc5Oc5c(-c6cccc7c6-c6ccccc6C76c7ccccc7Oc7cc(N(c8ccccc8)c8ccccc8-c8ccccc8-c8ccccc8)ccc76)cccc53)c3ccccc3-4)c2)cc1. The summed E-state index contributed by atoms with van der Waals surface area (Å²) >= 11 is 0. The zero-order valence-corrected chi connectivity index (χ0v) is 55.7. The van der Waals surface area contributed by atoms with E-state index in [1.807, 2.05) is 0 Å². The summed E-state index contributed by atoms with van der Waals surface area (Å²) in [5.74, 6) is 3.28. The second-order valence-electron chi connectivity index (χ2n) is 26.9. The molecule has 2 atom stereocenters. The van der Waals surface area contributed by atoms with Crippen molar-refractivity contribution in [2.45, 2.75) is 10.8 Å². The van der Waals surface area contributed by atoms with Crippen molar-refractivity contribution in [1.82, 2.24) is 0 Å². The van der Waals surface area contributed by atoms with Gasteiger partial charge in [-0.3, -0.25) is 0 Å². The van der Waals surface area contributed by atoms with Crippen LogP contribution in [0.1, 0.15) is 44.5 Å². The molecule has 0 fully saturated rings. The van der Waals surface area contributed by atoms with E-state index in [0.29, 0.717) is 0 Å². The van der Waals surface area contributed by atoms with Crippen molar-refractivity contribution in [2.75, 3.05) is 9.80 Å². The summed E-state index contributed by atoms with van der Waals surface area (Å²) < 4.78 is 15.0. The Labute approximate surface area is 594 Å². The number of nitrogens with zero attached hydrogens (tertiary/aromatic N) is 2. The molecule has 0 bridgehead atoms. The smallest absolute Gasteiger partial charge is 0.140 e. The largest absolute Gasteiger partial charge is 0.457 e. The molecular formula is C98H64N2O2. The van der Waals surface area contributed by atoms with Gasteiger partial charge in [-0.1, -0.05) is 303 Å². The zero-order valence-electron chi connectivity index (χ0n) is 55.7. The molecule has 2 aliphatic carbocycles. The van der Waals surface area contributed by atoms with Gasteiger partial charge < -0.3 is 19.3 Å². The Balaban J connectivity index is 0.777. The lowest BCUT2D eigenvalue weighted by Crippen LogP contribution is -2.32. The quantitative estimate of drug-likeness (QED) is 0.129. The van der Waals surface area contributed by atoms with E-state index in [-0.39, 0.29) is 0 Å². The first kappa shape index (κ1) is 58.8. The Morgan fingerprint density at radius 1 is 0.186 bits per heavy atom. The molecule has 2 spiro atoms. The highest BCUT2D eigenvalue weighted by molar-refractivity contribution is 6.01. The van der Waals surface area contributed by atoms with E-state index in [1.165, 1.54) is 55.6 Å². The van der Waals surface area contributed by atoms with Gasteiger partial charge >= 0.3 is 0 Å². The number of hydrogen-bond acceptors (Lipinski definition) is 4. The zero-order chi connectivity index (χ0) is 67.3. The normalized spacial score (nSPS) is 15.1. The van der Waals surface area contributed by atoms with Crippen LogP contribution in [0.4, 0.5) is 34.1 Å². The Morgan fingerprint density at radius 2 is 0.618 bits per heavy atom. The number of para-hydroxylation sites is 6. The highest BCUT2D eigenvalue weighted by Gasteiger charge is 2.54. The molecule has 20 rings (SSSR count). The molecule has 0 saturated heterocycles. The Bertz CT molecular complexity index is 5910. The third-order valence-corrected chi connectivity index (χ3v) is 21.6. The van der Waals surface area contributed by atoms with Crippen LogP contribution in [-0.4, -0.2) is 0 Å². The van der Waals surface area contributed by atoms with Gasteiger partial charge in [0.1, 0.15) is 23.0 Å². The van der Waals surface area contributed by atoms with Crippen molar-refractivity contribution in [1.29, 1.82) is 0 Å². The van der Waals surface area contributed by atoms with Crippen LogP contribution in [0.25, 0.3) is 77.9 Å². The topological polar surface area (TPSA) is 24.9 Å². The summed E-state index contributed by atoms with van der Waals surface area (Å²) in [5.41, 5.74) is 29.9.